The number of nitrogens with one attached hydrogen (secondary N) is 1. The molecule has 0 atom stereocenters. The Balaban J connectivity index is 2.46. The van der Waals surface area contributed by atoms with Crippen molar-refractivity contribution in [1.82, 2.24) is 0 Å². The number of hydrogen-bond donors (Lipinski definition) is 1. The zero-order valence-electron chi connectivity index (χ0n) is 10.6. The third-order valence-electron chi connectivity index (χ3n) is 2.72. The van der Waals surface area contributed by atoms with Crippen molar-refractivity contribution in [1.29, 1.82) is 0 Å². The second-order valence-electron chi connectivity index (χ2n) is 4.34. The molecule has 0 unspecified atom stereocenters. The molecule has 0 saturated carbocycles. The quantitative estimate of drug-likeness (QED) is 0.937. The third-order valence-corrected chi connectivity index (χ3v) is 4.41. The molecule has 0 heterocycles. The van der Waals surface area contributed by atoms with Crippen LogP contribution in [0.1, 0.15) is 11.1 Å². The minimum atomic E-state index is -3.71. The first-order chi connectivity index (χ1) is 8.90. The molecule has 0 spiro atoms. The Morgan fingerprint density at radius 1 is 1.00 bits per heavy atom. The zero-order valence-corrected chi connectivity index (χ0v) is 11.5. The number of hydrogen-bond acceptors (Lipinski definition) is 2. The van der Waals surface area contributed by atoms with Crippen LogP contribution in [0.4, 0.5) is 10.1 Å². The van der Waals surface area contributed by atoms with Gasteiger partial charge < -0.3 is 0 Å². The lowest BCUT2D eigenvalue weighted by Crippen LogP contribution is -2.15. The average molecular weight is 279 g/mol. The lowest BCUT2D eigenvalue weighted by atomic mass is 10.1. The minimum absolute atomic E-state index is 0.123. The molecule has 0 bridgehead atoms. The summed E-state index contributed by atoms with van der Waals surface area (Å²) in [5.74, 6) is -0.436. The van der Waals surface area contributed by atoms with Crippen LogP contribution in [0.3, 0.4) is 0 Å². The van der Waals surface area contributed by atoms with E-state index < -0.39 is 15.8 Å². The highest BCUT2D eigenvalue weighted by Gasteiger charge is 2.20. The van der Waals surface area contributed by atoms with Crippen molar-refractivity contribution in [3.63, 3.8) is 0 Å². The number of anilines is 1. The number of aryl methyl sites for hydroxylation is 2. The van der Waals surface area contributed by atoms with Gasteiger partial charge in [0.2, 0.25) is 0 Å². The fraction of sp³-hybridized carbons (Fsp3) is 0.143. The van der Waals surface area contributed by atoms with E-state index in [1.54, 1.807) is 44.2 Å². The van der Waals surface area contributed by atoms with Crippen molar-refractivity contribution >= 4 is 15.7 Å². The van der Waals surface area contributed by atoms with E-state index in [-0.39, 0.29) is 4.90 Å². The maximum atomic E-state index is 13.2. The summed E-state index contributed by atoms with van der Waals surface area (Å²) in [5, 5.41) is 0. The Morgan fingerprint density at radius 2 is 1.53 bits per heavy atom. The molecule has 2 rings (SSSR count). The second kappa shape index (κ2) is 5.01. The van der Waals surface area contributed by atoms with E-state index in [0.29, 0.717) is 16.8 Å². The van der Waals surface area contributed by atoms with Gasteiger partial charge in [0.25, 0.3) is 10.0 Å². The fourth-order valence-corrected chi connectivity index (χ4v) is 3.55. The Hall–Kier alpha value is -1.88. The van der Waals surface area contributed by atoms with Gasteiger partial charge >= 0.3 is 0 Å². The van der Waals surface area contributed by atoms with Gasteiger partial charge in [0.05, 0.1) is 4.90 Å². The summed E-state index contributed by atoms with van der Waals surface area (Å²) in [4.78, 5) is 0.123. The van der Waals surface area contributed by atoms with Gasteiger partial charge in [-0.05, 0) is 49.2 Å². The first kappa shape index (κ1) is 13.5. The Bertz CT molecular complexity index is 674. The highest BCUT2D eigenvalue weighted by molar-refractivity contribution is 7.92. The van der Waals surface area contributed by atoms with E-state index in [4.69, 9.17) is 0 Å². The lowest BCUT2D eigenvalue weighted by Gasteiger charge is -2.13. The highest BCUT2D eigenvalue weighted by atomic mass is 32.2. The molecule has 2 aromatic carbocycles. The van der Waals surface area contributed by atoms with Crippen LogP contribution in [0.15, 0.2) is 47.4 Å². The Kier molecular flexibility index (Phi) is 3.57. The van der Waals surface area contributed by atoms with Crippen LogP contribution in [-0.4, -0.2) is 8.42 Å². The Labute approximate surface area is 112 Å². The van der Waals surface area contributed by atoms with Gasteiger partial charge in [-0.2, -0.15) is 0 Å². The lowest BCUT2D eigenvalue weighted by molar-refractivity contribution is 0.597. The van der Waals surface area contributed by atoms with Crippen LogP contribution in [-0.2, 0) is 10.0 Å². The van der Waals surface area contributed by atoms with Crippen molar-refractivity contribution in [3.05, 3.63) is 59.4 Å². The van der Waals surface area contributed by atoms with Crippen LogP contribution in [0.25, 0.3) is 0 Å². The predicted octanol–water partition coefficient (Wildman–Crippen LogP) is 3.24. The first-order valence-electron chi connectivity index (χ1n) is 5.75. The number of para-hydroxylation sites is 1. The summed E-state index contributed by atoms with van der Waals surface area (Å²) in [6.07, 6.45) is 0. The summed E-state index contributed by atoms with van der Waals surface area (Å²) in [7, 11) is -3.71. The monoisotopic (exact) mass is 279 g/mol. The van der Waals surface area contributed by atoms with Crippen molar-refractivity contribution in [2.75, 3.05) is 4.72 Å². The van der Waals surface area contributed by atoms with Crippen molar-refractivity contribution in [2.45, 2.75) is 18.7 Å². The largest absolute Gasteiger partial charge is 0.280 e. The van der Waals surface area contributed by atoms with Gasteiger partial charge in [-0.3, -0.25) is 4.72 Å². The summed E-state index contributed by atoms with van der Waals surface area (Å²) < 4.78 is 40.3. The summed E-state index contributed by atoms with van der Waals surface area (Å²) in [6, 6.07) is 11.0. The van der Waals surface area contributed by atoms with Gasteiger partial charge in [-0.1, -0.05) is 18.2 Å². The predicted molar refractivity (Wildman–Crippen MR) is 73.1 cm³/mol. The average Bonchev–Trinajstić information content (AvgIpc) is 2.27. The molecular weight excluding hydrogens is 265 g/mol. The van der Waals surface area contributed by atoms with Crippen molar-refractivity contribution in [3.8, 4) is 0 Å². The molecule has 3 nitrogen and oxygen atoms in total. The summed E-state index contributed by atoms with van der Waals surface area (Å²) in [5.41, 5.74) is 1.26. The number of halogens is 1. The molecule has 0 aliphatic carbocycles. The van der Waals surface area contributed by atoms with Crippen molar-refractivity contribution < 1.29 is 12.8 Å². The molecule has 5 heteroatoms. The van der Waals surface area contributed by atoms with Crippen LogP contribution in [0.2, 0.25) is 0 Å². The second-order valence-corrected chi connectivity index (χ2v) is 5.96. The Morgan fingerprint density at radius 3 is 2.05 bits per heavy atom. The van der Waals surface area contributed by atoms with Gasteiger partial charge in [0.1, 0.15) is 5.82 Å². The number of rotatable bonds is 3. The molecule has 0 amide bonds. The number of sulfonamides is 1. The van der Waals surface area contributed by atoms with E-state index in [1.165, 1.54) is 12.1 Å². The highest BCUT2D eigenvalue weighted by Crippen LogP contribution is 2.23. The normalized spacial score (nSPS) is 11.3. The van der Waals surface area contributed by atoms with E-state index in [9.17, 15) is 12.8 Å². The summed E-state index contributed by atoms with van der Waals surface area (Å²) in [6.45, 7) is 3.16. The third kappa shape index (κ3) is 2.93. The summed E-state index contributed by atoms with van der Waals surface area (Å²) >= 11 is 0. The maximum absolute atomic E-state index is 13.2. The molecular formula is C14H14FNO2S. The van der Waals surface area contributed by atoms with Crippen LogP contribution in [0.5, 0.6) is 0 Å². The first-order valence-corrected chi connectivity index (χ1v) is 7.23. The van der Waals surface area contributed by atoms with E-state index in [1.807, 2.05) is 0 Å². The zero-order chi connectivity index (χ0) is 14.0. The SMILES string of the molecule is Cc1cc(F)cc(C)c1S(=O)(=O)Nc1ccccc1. The van der Waals surface area contributed by atoms with E-state index in [0.717, 1.165) is 0 Å². The van der Waals surface area contributed by atoms with Crippen LogP contribution in [0, 0.1) is 19.7 Å². The van der Waals surface area contributed by atoms with Gasteiger partial charge in [-0.25, -0.2) is 12.8 Å². The maximum Gasteiger partial charge on any atom is 0.262 e. The number of benzene rings is 2. The molecule has 19 heavy (non-hydrogen) atoms. The fourth-order valence-electron chi connectivity index (χ4n) is 2.03. The minimum Gasteiger partial charge on any atom is -0.280 e. The molecule has 0 radical (unpaired) electrons. The van der Waals surface area contributed by atoms with Crippen LogP contribution >= 0.6 is 0 Å². The van der Waals surface area contributed by atoms with Gasteiger partial charge in [-0.15, -0.1) is 0 Å². The molecule has 2 aromatic rings. The molecule has 0 saturated heterocycles. The molecule has 100 valence electrons. The van der Waals surface area contributed by atoms with Crippen molar-refractivity contribution in [2.24, 2.45) is 0 Å². The smallest absolute Gasteiger partial charge is 0.262 e. The molecule has 0 fully saturated rings. The van der Waals surface area contributed by atoms with Gasteiger partial charge in [0.15, 0.2) is 0 Å². The topological polar surface area (TPSA) is 46.2 Å². The van der Waals surface area contributed by atoms with E-state index in [2.05, 4.69) is 4.72 Å². The molecule has 0 aromatic heterocycles. The van der Waals surface area contributed by atoms with Gasteiger partial charge in [0, 0.05) is 5.69 Å². The van der Waals surface area contributed by atoms with E-state index >= 15 is 0 Å². The molecule has 0 aliphatic rings. The van der Waals surface area contributed by atoms with Crippen LogP contribution < -0.4 is 4.72 Å². The standard InChI is InChI=1S/C14H14FNO2S/c1-10-8-12(15)9-11(2)14(10)19(17,18)16-13-6-4-3-5-7-13/h3-9,16H,1-2H3. The molecule has 0 aliphatic heterocycles. The molecule has 1 N–H and O–H groups in total.